The summed E-state index contributed by atoms with van der Waals surface area (Å²) in [5.74, 6) is 2.52. The van der Waals surface area contributed by atoms with Crippen LogP contribution in [0, 0.1) is 0 Å². The molecule has 0 atom stereocenters. The normalized spacial score (nSPS) is 10.3. The van der Waals surface area contributed by atoms with Crippen molar-refractivity contribution in [2.45, 2.75) is 12.8 Å². The van der Waals surface area contributed by atoms with Crippen LogP contribution >= 0.6 is 0 Å². The Morgan fingerprint density at radius 3 is 2.52 bits per heavy atom. The maximum atomic E-state index is 5.23. The van der Waals surface area contributed by atoms with Gasteiger partial charge in [0.25, 0.3) is 0 Å². The molecule has 2 rings (SSSR count). The molecule has 0 saturated heterocycles. The number of methoxy groups -OCH3 is 2. The van der Waals surface area contributed by atoms with Gasteiger partial charge in [-0.05, 0) is 30.5 Å². The lowest BCUT2D eigenvalue weighted by Gasteiger charge is -2.09. The first-order valence-corrected chi connectivity index (χ1v) is 7.73. The van der Waals surface area contributed by atoms with E-state index in [0.717, 1.165) is 49.9 Å². The number of anilines is 2. The van der Waals surface area contributed by atoms with Crippen LogP contribution in [0.4, 0.5) is 11.6 Å². The molecule has 0 fully saturated rings. The molecule has 0 bridgehead atoms. The fourth-order valence-corrected chi connectivity index (χ4v) is 2.15. The van der Waals surface area contributed by atoms with Crippen LogP contribution in [0.5, 0.6) is 5.75 Å². The third-order valence-corrected chi connectivity index (χ3v) is 3.35. The van der Waals surface area contributed by atoms with Crippen molar-refractivity contribution in [2.75, 3.05) is 44.5 Å². The van der Waals surface area contributed by atoms with Crippen molar-refractivity contribution in [3.05, 3.63) is 42.2 Å². The molecule has 23 heavy (non-hydrogen) atoms. The molecular formula is C17H24N4O2. The minimum atomic E-state index is 0.740. The number of aromatic nitrogens is 2. The van der Waals surface area contributed by atoms with Crippen molar-refractivity contribution in [2.24, 2.45) is 0 Å². The van der Waals surface area contributed by atoms with Crippen LogP contribution in [0.25, 0.3) is 0 Å². The van der Waals surface area contributed by atoms with Crippen LogP contribution in [-0.2, 0) is 11.2 Å². The zero-order valence-corrected chi connectivity index (χ0v) is 13.7. The SMILES string of the molecule is COCCCNc1cc(NCCc2cccc(OC)c2)ncn1. The number of nitrogens with one attached hydrogen (secondary N) is 2. The Morgan fingerprint density at radius 1 is 1.00 bits per heavy atom. The smallest absolute Gasteiger partial charge is 0.131 e. The molecule has 0 saturated carbocycles. The molecule has 6 heteroatoms. The molecular weight excluding hydrogens is 292 g/mol. The van der Waals surface area contributed by atoms with Gasteiger partial charge in [-0.2, -0.15) is 0 Å². The summed E-state index contributed by atoms with van der Waals surface area (Å²) < 4.78 is 10.3. The van der Waals surface area contributed by atoms with Crippen molar-refractivity contribution in [1.29, 1.82) is 0 Å². The molecule has 6 nitrogen and oxygen atoms in total. The summed E-state index contributed by atoms with van der Waals surface area (Å²) >= 11 is 0. The Bertz CT molecular complexity index is 592. The third kappa shape index (κ3) is 6.12. The highest BCUT2D eigenvalue weighted by atomic mass is 16.5. The van der Waals surface area contributed by atoms with Gasteiger partial charge in [0, 0.05) is 32.9 Å². The van der Waals surface area contributed by atoms with Gasteiger partial charge in [-0.25, -0.2) is 9.97 Å². The first kappa shape index (κ1) is 17.0. The number of benzene rings is 1. The number of ether oxygens (including phenoxy) is 2. The Balaban J connectivity index is 1.78. The van der Waals surface area contributed by atoms with E-state index in [0.29, 0.717) is 0 Å². The van der Waals surface area contributed by atoms with Crippen LogP contribution in [0.2, 0.25) is 0 Å². The average molecular weight is 316 g/mol. The molecule has 0 aliphatic rings. The van der Waals surface area contributed by atoms with Gasteiger partial charge in [0.15, 0.2) is 0 Å². The Labute approximate surface area is 137 Å². The fourth-order valence-electron chi connectivity index (χ4n) is 2.15. The molecule has 1 aromatic carbocycles. The molecule has 0 radical (unpaired) electrons. The van der Waals surface area contributed by atoms with Crippen LogP contribution in [0.3, 0.4) is 0 Å². The second kappa shape index (κ2) is 9.63. The molecule has 0 aliphatic carbocycles. The van der Waals surface area contributed by atoms with Gasteiger partial charge in [0.1, 0.15) is 23.7 Å². The van der Waals surface area contributed by atoms with E-state index >= 15 is 0 Å². The number of nitrogens with zero attached hydrogens (tertiary/aromatic N) is 2. The molecule has 2 N–H and O–H groups in total. The standard InChI is InChI=1S/C17H24N4O2/c1-22-10-4-8-18-16-12-17(21-13-20-16)19-9-7-14-5-3-6-15(11-14)23-2/h3,5-6,11-13H,4,7-10H2,1-2H3,(H2,18,19,20,21). The zero-order valence-electron chi connectivity index (χ0n) is 13.7. The van der Waals surface area contributed by atoms with Gasteiger partial charge in [0.05, 0.1) is 7.11 Å². The second-order valence-corrected chi connectivity index (χ2v) is 5.09. The van der Waals surface area contributed by atoms with E-state index in [1.807, 2.05) is 24.3 Å². The Kier molecular flexibility index (Phi) is 7.13. The predicted octanol–water partition coefficient (Wildman–Crippen LogP) is 2.59. The maximum absolute atomic E-state index is 5.23. The summed E-state index contributed by atoms with van der Waals surface area (Å²) in [5.41, 5.74) is 1.23. The molecule has 124 valence electrons. The predicted molar refractivity (Wildman–Crippen MR) is 92.2 cm³/mol. The van der Waals surface area contributed by atoms with Gasteiger partial charge in [-0.1, -0.05) is 12.1 Å². The molecule has 2 aromatic rings. The van der Waals surface area contributed by atoms with E-state index in [1.165, 1.54) is 5.56 Å². The summed E-state index contributed by atoms with van der Waals surface area (Å²) in [4.78, 5) is 8.44. The van der Waals surface area contributed by atoms with Crippen molar-refractivity contribution in [3.8, 4) is 5.75 Å². The van der Waals surface area contributed by atoms with E-state index < -0.39 is 0 Å². The van der Waals surface area contributed by atoms with Gasteiger partial charge < -0.3 is 20.1 Å². The topological polar surface area (TPSA) is 68.3 Å². The highest BCUT2D eigenvalue weighted by Crippen LogP contribution is 2.13. The minimum Gasteiger partial charge on any atom is -0.497 e. The van der Waals surface area contributed by atoms with Crippen molar-refractivity contribution in [3.63, 3.8) is 0 Å². The highest BCUT2D eigenvalue weighted by Gasteiger charge is 2.00. The molecule has 0 aliphatic heterocycles. The van der Waals surface area contributed by atoms with E-state index in [4.69, 9.17) is 9.47 Å². The molecule has 1 heterocycles. The number of hydrogen-bond acceptors (Lipinski definition) is 6. The number of hydrogen-bond donors (Lipinski definition) is 2. The fraction of sp³-hybridized carbons (Fsp3) is 0.412. The lowest BCUT2D eigenvalue weighted by Crippen LogP contribution is -2.09. The van der Waals surface area contributed by atoms with Crippen LogP contribution in [-0.4, -0.2) is 43.9 Å². The lowest BCUT2D eigenvalue weighted by atomic mass is 10.1. The first-order valence-electron chi connectivity index (χ1n) is 7.73. The van der Waals surface area contributed by atoms with Crippen molar-refractivity contribution >= 4 is 11.6 Å². The lowest BCUT2D eigenvalue weighted by molar-refractivity contribution is 0.198. The van der Waals surface area contributed by atoms with Crippen molar-refractivity contribution < 1.29 is 9.47 Å². The monoisotopic (exact) mass is 316 g/mol. The van der Waals surface area contributed by atoms with Crippen molar-refractivity contribution in [1.82, 2.24) is 9.97 Å². The molecule has 0 spiro atoms. The van der Waals surface area contributed by atoms with Crippen LogP contribution in [0.15, 0.2) is 36.7 Å². The number of rotatable bonds is 10. The molecule has 0 amide bonds. The van der Waals surface area contributed by atoms with Gasteiger partial charge in [-0.15, -0.1) is 0 Å². The average Bonchev–Trinajstić information content (AvgIpc) is 2.59. The van der Waals surface area contributed by atoms with Crippen LogP contribution in [0.1, 0.15) is 12.0 Å². The second-order valence-electron chi connectivity index (χ2n) is 5.09. The largest absolute Gasteiger partial charge is 0.497 e. The highest BCUT2D eigenvalue weighted by molar-refractivity contribution is 5.46. The van der Waals surface area contributed by atoms with E-state index in [-0.39, 0.29) is 0 Å². The maximum Gasteiger partial charge on any atom is 0.131 e. The third-order valence-electron chi connectivity index (χ3n) is 3.35. The quantitative estimate of drug-likeness (QED) is 0.657. The van der Waals surface area contributed by atoms with Gasteiger partial charge >= 0.3 is 0 Å². The Morgan fingerprint density at radius 2 is 1.78 bits per heavy atom. The molecule has 0 unspecified atom stereocenters. The summed E-state index contributed by atoms with van der Waals surface area (Å²) in [6.07, 6.45) is 3.41. The summed E-state index contributed by atoms with van der Waals surface area (Å²) in [6.45, 7) is 2.37. The van der Waals surface area contributed by atoms with Gasteiger partial charge in [-0.3, -0.25) is 0 Å². The minimum absolute atomic E-state index is 0.740. The molecule has 1 aromatic heterocycles. The summed E-state index contributed by atoms with van der Waals surface area (Å²) in [7, 11) is 3.38. The first-order chi connectivity index (χ1) is 11.3. The van der Waals surface area contributed by atoms with Gasteiger partial charge in [0.2, 0.25) is 0 Å². The van der Waals surface area contributed by atoms with E-state index in [9.17, 15) is 0 Å². The summed E-state index contributed by atoms with van der Waals surface area (Å²) in [6, 6.07) is 10.00. The Hall–Kier alpha value is -2.34. The summed E-state index contributed by atoms with van der Waals surface area (Å²) in [5, 5.41) is 6.57. The van der Waals surface area contributed by atoms with E-state index in [1.54, 1.807) is 20.5 Å². The van der Waals surface area contributed by atoms with Crippen LogP contribution < -0.4 is 15.4 Å². The van der Waals surface area contributed by atoms with E-state index in [2.05, 4.69) is 26.7 Å². The zero-order chi connectivity index (χ0) is 16.3.